The van der Waals surface area contributed by atoms with Crippen LogP contribution in [0, 0.1) is 6.92 Å². The van der Waals surface area contributed by atoms with E-state index in [-0.39, 0.29) is 18.4 Å². The van der Waals surface area contributed by atoms with Crippen LogP contribution in [0.2, 0.25) is 0 Å². The summed E-state index contributed by atoms with van der Waals surface area (Å²) in [5.41, 5.74) is 2.69. The molecule has 0 amide bonds. The summed E-state index contributed by atoms with van der Waals surface area (Å²) in [4.78, 5) is 19.6. The number of aromatic hydroxyl groups is 1. The highest BCUT2D eigenvalue weighted by atomic mass is 16.5. The van der Waals surface area contributed by atoms with E-state index in [9.17, 15) is 9.90 Å². The van der Waals surface area contributed by atoms with E-state index < -0.39 is 5.97 Å². The minimum Gasteiger partial charge on any atom is -0.507 e. The Morgan fingerprint density at radius 3 is 2.53 bits per heavy atom. The molecule has 1 saturated heterocycles. The smallest absolute Gasteiger partial charge is 0.342 e. The fourth-order valence-electron chi connectivity index (χ4n) is 4.96. The quantitative estimate of drug-likeness (QED) is 0.430. The van der Waals surface area contributed by atoms with Gasteiger partial charge in [0.15, 0.2) is 0 Å². The van der Waals surface area contributed by atoms with E-state index in [2.05, 4.69) is 9.88 Å². The van der Waals surface area contributed by atoms with Crippen LogP contribution in [-0.2, 0) is 4.74 Å². The molecule has 32 heavy (non-hydrogen) atoms. The number of likely N-dealkylation sites (tertiary alicyclic amines) is 1. The van der Waals surface area contributed by atoms with Crippen LogP contribution < -0.4 is 0 Å². The molecule has 4 aromatic rings. The molecular formula is C26H26N2O4. The fraction of sp³-hybridized carbons (Fsp3) is 0.308. The van der Waals surface area contributed by atoms with Gasteiger partial charge in [0.05, 0.1) is 12.6 Å². The van der Waals surface area contributed by atoms with E-state index >= 15 is 0 Å². The third-order valence-electron chi connectivity index (χ3n) is 6.32. The Kier molecular flexibility index (Phi) is 5.31. The van der Waals surface area contributed by atoms with Crippen molar-refractivity contribution in [3.63, 3.8) is 0 Å². The zero-order chi connectivity index (χ0) is 22.2. The summed E-state index contributed by atoms with van der Waals surface area (Å²) in [5, 5.41) is 13.8. The Hall–Kier alpha value is -3.38. The van der Waals surface area contributed by atoms with Crippen molar-refractivity contribution < 1.29 is 19.1 Å². The number of benzene rings is 2. The Morgan fingerprint density at radius 2 is 1.84 bits per heavy atom. The lowest BCUT2D eigenvalue weighted by atomic mass is 9.89. The molecule has 0 radical (unpaired) electrons. The first kappa shape index (κ1) is 20.5. The SMILES string of the molecule is CCOC(=O)c1c(C)oc2c1c([C@H](c1ccncc1)N1CCCC1)c(O)c1ccccc12. The molecule has 0 aliphatic carbocycles. The van der Waals surface area contributed by atoms with E-state index in [1.807, 2.05) is 36.4 Å². The fourth-order valence-corrected chi connectivity index (χ4v) is 4.96. The third kappa shape index (κ3) is 3.22. The number of aromatic nitrogens is 1. The number of nitrogens with zero attached hydrogens (tertiary/aromatic N) is 2. The maximum absolute atomic E-state index is 13.0. The maximum Gasteiger partial charge on any atom is 0.342 e. The van der Waals surface area contributed by atoms with Crippen LogP contribution in [-0.4, -0.2) is 40.7 Å². The van der Waals surface area contributed by atoms with Gasteiger partial charge < -0.3 is 14.3 Å². The lowest BCUT2D eigenvalue weighted by Gasteiger charge is -2.30. The number of fused-ring (bicyclic) bond motifs is 3. The van der Waals surface area contributed by atoms with Gasteiger partial charge in [0, 0.05) is 34.1 Å². The number of carbonyl (C=O) groups is 1. The molecule has 0 bridgehead atoms. The standard InChI is InChI=1S/C26H26N2O4/c1-3-31-26(30)20-16(2)32-25-19-9-5-4-8-18(19)24(29)22(21(20)25)23(28-14-6-7-15-28)17-10-12-27-13-11-17/h4-5,8-13,23,29H,3,6-7,14-15H2,1-2H3/t23-/m0/s1. The van der Waals surface area contributed by atoms with Crippen LogP contribution in [0.3, 0.4) is 0 Å². The second kappa shape index (κ2) is 8.28. The summed E-state index contributed by atoms with van der Waals surface area (Å²) in [5.74, 6) is 0.230. The van der Waals surface area contributed by atoms with Gasteiger partial charge in [-0.3, -0.25) is 9.88 Å². The normalized spacial score (nSPS) is 15.4. The van der Waals surface area contributed by atoms with Gasteiger partial charge in [-0.05, 0) is 57.5 Å². The number of aryl methyl sites for hydroxylation is 1. The first-order valence-electron chi connectivity index (χ1n) is 11.1. The molecule has 0 unspecified atom stereocenters. The topological polar surface area (TPSA) is 75.8 Å². The number of pyridine rings is 1. The number of hydrogen-bond donors (Lipinski definition) is 1. The molecule has 5 rings (SSSR count). The van der Waals surface area contributed by atoms with Crippen LogP contribution in [0.5, 0.6) is 5.75 Å². The lowest BCUT2D eigenvalue weighted by Crippen LogP contribution is -2.27. The molecule has 1 fully saturated rings. The molecule has 2 aromatic carbocycles. The number of phenols is 1. The summed E-state index contributed by atoms with van der Waals surface area (Å²) in [6.45, 7) is 5.64. The average Bonchev–Trinajstić information content (AvgIpc) is 3.45. The molecule has 6 nitrogen and oxygen atoms in total. The largest absolute Gasteiger partial charge is 0.507 e. The predicted octanol–water partition coefficient (Wildman–Crippen LogP) is 5.36. The second-order valence-electron chi connectivity index (χ2n) is 8.19. The highest BCUT2D eigenvalue weighted by molar-refractivity contribution is 6.16. The van der Waals surface area contributed by atoms with Crippen molar-refractivity contribution in [1.82, 2.24) is 9.88 Å². The number of rotatable bonds is 5. The number of hydrogen-bond acceptors (Lipinski definition) is 6. The average molecular weight is 431 g/mol. The molecule has 1 N–H and O–H groups in total. The van der Waals surface area contributed by atoms with Gasteiger partial charge in [-0.25, -0.2) is 4.79 Å². The molecule has 1 aliphatic rings. The Labute approximate surface area is 186 Å². The van der Waals surface area contributed by atoms with Crippen molar-refractivity contribution in [3.05, 3.63) is 71.2 Å². The minimum atomic E-state index is -0.436. The van der Waals surface area contributed by atoms with Crippen LogP contribution >= 0.6 is 0 Å². The number of furan rings is 1. The summed E-state index contributed by atoms with van der Waals surface area (Å²) in [6.07, 6.45) is 5.71. The molecule has 3 heterocycles. The van der Waals surface area contributed by atoms with Gasteiger partial charge in [0.2, 0.25) is 0 Å². The van der Waals surface area contributed by atoms with Crippen molar-refractivity contribution in [2.24, 2.45) is 0 Å². The first-order chi connectivity index (χ1) is 15.6. The van der Waals surface area contributed by atoms with Crippen LogP contribution in [0.1, 0.15) is 53.1 Å². The minimum absolute atomic E-state index is 0.174. The van der Waals surface area contributed by atoms with Gasteiger partial charge in [-0.2, -0.15) is 0 Å². The number of esters is 1. The van der Waals surface area contributed by atoms with E-state index in [1.165, 1.54) is 0 Å². The number of carbonyl (C=O) groups excluding carboxylic acids is 1. The first-order valence-corrected chi connectivity index (χ1v) is 11.1. The number of ether oxygens (including phenoxy) is 1. The Balaban J connectivity index is 1.91. The predicted molar refractivity (Wildman–Crippen MR) is 123 cm³/mol. The highest BCUT2D eigenvalue weighted by Crippen LogP contribution is 2.47. The molecule has 0 saturated carbocycles. The van der Waals surface area contributed by atoms with Gasteiger partial charge in [0.1, 0.15) is 22.7 Å². The number of phenolic OH excluding ortho intramolecular Hbond substituents is 1. The van der Waals surface area contributed by atoms with Crippen LogP contribution in [0.4, 0.5) is 0 Å². The van der Waals surface area contributed by atoms with Gasteiger partial charge >= 0.3 is 5.97 Å². The summed E-state index contributed by atoms with van der Waals surface area (Å²) in [7, 11) is 0. The molecule has 1 atom stereocenters. The molecule has 6 heteroatoms. The summed E-state index contributed by atoms with van der Waals surface area (Å²) in [6, 6.07) is 11.3. The van der Waals surface area contributed by atoms with E-state index in [4.69, 9.17) is 9.15 Å². The third-order valence-corrected chi connectivity index (χ3v) is 6.32. The van der Waals surface area contributed by atoms with Crippen molar-refractivity contribution in [1.29, 1.82) is 0 Å². The van der Waals surface area contributed by atoms with Gasteiger partial charge in [-0.15, -0.1) is 0 Å². The Morgan fingerprint density at radius 1 is 1.16 bits per heavy atom. The zero-order valence-corrected chi connectivity index (χ0v) is 18.3. The van der Waals surface area contributed by atoms with Crippen molar-refractivity contribution >= 4 is 27.7 Å². The monoisotopic (exact) mass is 430 g/mol. The highest BCUT2D eigenvalue weighted by Gasteiger charge is 2.34. The van der Waals surface area contributed by atoms with Crippen LogP contribution in [0.15, 0.2) is 53.2 Å². The van der Waals surface area contributed by atoms with Crippen molar-refractivity contribution in [2.75, 3.05) is 19.7 Å². The summed E-state index contributed by atoms with van der Waals surface area (Å²) >= 11 is 0. The van der Waals surface area contributed by atoms with Gasteiger partial charge in [-0.1, -0.05) is 24.3 Å². The summed E-state index contributed by atoms with van der Waals surface area (Å²) < 4.78 is 11.6. The van der Waals surface area contributed by atoms with E-state index in [1.54, 1.807) is 26.2 Å². The zero-order valence-electron chi connectivity index (χ0n) is 18.3. The van der Waals surface area contributed by atoms with Crippen LogP contribution in [0.25, 0.3) is 21.7 Å². The lowest BCUT2D eigenvalue weighted by molar-refractivity contribution is 0.0526. The van der Waals surface area contributed by atoms with Crippen molar-refractivity contribution in [3.8, 4) is 5.75 Å². The molecular weight excluding hydrogens is 404 g/mol. The second-order valence-corrected chi connectivity index (χ2v) is 8.19. The van der Waals surface area contributed by atoms with E-state index in [0.29, 0.717) is 33.2 Å². The van der Waals surface area contributed by atoms with Gasteiger partial charge in [0.25, 0.3) is 0 Å². The molecule has 164 valence electrons. The molecule has 1 aliphatic heterocycles. The Bertz CT molecular complexity index is 1290. The molecule has 2 aromatic heterocycles. The van der Waals surface area contributed by atoms with E-state index in [0.717, 1.165) is 36.9 Å². The maximum atomic E-state index is 13.0. The van der Waals surface area contributed by atoms with Crippen molar-refractivity contribution in [2.45, 2.75) is 32.7 Å². The molecule has 0 spiro atoms.